The summed E-state index contributed by atoms with van der Waals surface area (Å²) in [5, 5.41) is 3.65. The van der Waals surface area contributed by atoms with Crippen molar-refractivity contribution in [1.82, 2.24) is 5.32 Å². The van der Waals surface area contributed by atoms with Crippen LogP contribution in [-0.2, 0) is 0 Å². The summed E-state index contributed by atoms with van der Waals surface area (Å²) in [6.45, 7) is 10.7. The lowest BCUT2D eigenvalue weighted by Crippen LogP contribution is -2.27. The minimum atomic E-state index is 0.839. The topological polar surface area (TPSA) is 12.0 Å². The molecule has 0 radical (unpaired) electrons. The van der Waals surface area contributed by atoms with Gasteiger partial charge in [0, 0.05) is 6.04 Å². The van der Waals surface area contributed by atoms with E-state index in [9.17, 15) is 0 Å². The fraction of sp³-hybridized carbons (Fsp3) is 1.00. The van der Waals surface area contributed by atoms with Gasteiger partial charge in [0.15, 0.2) is 0 Å². The first-order valence-electron chi connectivity index (χ1n) is 6.90. The van der Waals surface area contributed by atoms with E-state index in [0.717, 1.165) is 23.8 Å². The maximum Gasteiger partial charge on any atom is 0.00683 e. The van der Waals surface area contributed by atoms with E-state index in [1.54, 1.807) is 0 Å². The highest BCUT2D eigenvalue weighted by molar-refractivity contribution is 4.82. The fourth-order valence-electron chi connectivity index (χ4n) is 2.22. The monoisotopic (exact) mass is 211 g/mol. The Labute approximate surface area is 96.0 Å². The van der Waals surface area contributed by atoms with Crippen molar-refractivity contribution in [1.29, 1.82) is 0 Å². The van der Waals surface area contributed by atoms with E-state index < -0.39 is 0 Å². The Bertz CT molecular complexity index is 159. The van der Waals surface area contributed by atoms with Gasteiger partial charge in [0.05, 0.1) is 0 Å². The van der Waals surface area contributed by atoms with E-state index in [0.29, 0.717) is 0 Å². The van der Waals surface area contributed by atoms with Gasteiger partial charge in [0.2, 0.25) is 0 Å². The first-order chi connectivity index (χ1) is 7.17. The van der Waals surface area contributed by atoms with Crippen molar-refractivity contribution >= 4 is 0 Å². The van der Waals surface area contributed by atoms with E-state index in [2.05, 4.69) is 33.0 Å². The van der Waals surface area contributed by atoms with Crippen LogP contribution in [0, 0.1) is 17.8 Å². The first kappa shape index (κ1) is 13.0. The van der Waals surface area contributed by atoms with Crippen LogP contribution in [0.15, 0.2) is 0 Å². The van der Waals surface area contributed by atoms with E-state index in [-0.39, 0.29) is 0 Å². The Morgan fingerprint density at radius 3 is 2.13 bits per heavy atom. The van der Waals surface area contributed by atoms with Crippen molar-refractivity contribution in [3.63, 3.8) is 0 Å². The van der Waals surface area contributed by atoms with Crippen molar-refractivity contribution < 1.29 is 0 Å². The number of rotatable bonds is 8. The van der Waals surface area contributed by atoms with E-state index in [4.69, 9.17) is 0 Å². The van der Waals surface area contributed by atoms with Gasteiger partial charge in [0.1, 0.15) is 0 Å². The molecule has 0 aromatic rings. The van der Waals surface area contributed by atoms with Crippen LogP contribution in [0.1, 0.15) is 59.8 Å². The van der Waals surface area contributed by atoms with Gasteiger partial charge in [-0.15, -0.1) is 0 Å². The van der Waals surface area contributed by atoms with Gasteiger partial charge in [-0.1, -0.05) is 40.5 Å². The van der Waals surface area contributed by atoms with Crippen LogP contribution in [-0.4, -0.2) is 12.6 Å². The third-order valence-electron chi connectivity index (χ3n) is 4.14. The van der Waals surface area contributed by atoms with Crippen molar-refractivity contribution in [2.45, 2.75) is 65.8 Å². The standard InChI is InChI=1S/C14H29N/c1-5-13(6-2)9-11(3)12(4)10-15-14-7-8-14/h11-15H,5-10H2,1-4H3. The van der Waals surface area contributed by atoms with Crippen LogP contribution in [0.25, 0.3) is 0 Å². The molecule has 1 heteroatoms. The van der Waals surface area contributed by atoms with Crippen LogP contribution in [0.4, 0.5) is 0 Å². The lowest BCUT2D eigenvalue weighted by Gasteiger charge is -2.24. The minimum absolute atomic E-state index is 0.839. The normalized spacial score (nSPS) is 20.6. The molecule has 2 atom stereocenters. The second kappa shape index (κ2) is 6.52. The van der Waals surface area contributed by atoms with Crippen LogP contribution in [0.2, 0.25) is 0 Å². The average molecular weight is 211 g/mol. The van der Waals surface area contributed by atoms with Crippen molar-refractivity contribution in [2.75, 3.05) is 6.54 Å². The maximum absolute atomic E-state index is 3.65. The van der Waals surface area contributed by atoms with Gasteiger partial charge >= 0.3 is 0 Å². The summed E-state index contributed by atoms with van der Waals surface area (Å²) in [5.41, 5.74) is 0. The molecule has 1 aliphatic rings. The van der Waals surface area contributed by atoms with Crippen LogP contribution in [0.3, 0.4) is 0 Å². The lowest BCUT2D eigenvalue weighted by molar-refractivity contribution is 0.284. The molecule has 1 rings (SSSR count). The molecule has 0 saturated heterocycles. The molecule has 1 N–H and O–H groups in total. The minimum Gasteiger partial charge on any atom is -0.314 e. The molecule has 90 valence electrons. The molecule has 0 bridgehead atoms. The molecule has 0 aliphatic heterocycles. The van der Waals surface area contributed by atoms with Crippen molar-refractivity contribution in [2.24, 2.45) is 17.8 Å². The highest BCUT2D eigenvalue weighted by Crippen LogP contribution is 2.25. The highest BCUT2D eigenvalue weighted by Gasteiger charge is 2.22. The van der Waals surface area contributed by atoms with Gasteiger partial charge in [-0.3, -0.25) is 0 Å². The molecule has 0 spiro atoms. The summed E-state index contributed by atoms with van der Waals surface area (Å²) in [7, 11) is 0. The summed E-state index contributed by atoms with van der Waals surface area (Å²) < 4.78 is 0. The second-order valence-electron chi connectivity index (χ2n) is 5.56. The molecular formula is C14H29N. The van der Waals surface area contributed by atoms with Crippen molar-refractivity contribution in [3.8, 4) is 0 Å². The summed E-state index contributed by atoms with van der Waals surface area (Å²) in [6.07, 6.45) is 6.94. The quantitative estimate of drug-likeness (QED) is 0.643. The zero-order valence-corrected chi connectivity index (χ0v) is 11.1. The summed E-state index contributed by atoms with van der Waals surface area (Å²) in [5.74, 6) is 2.66. The van der Waals surface area contributed by atoms with Gasteiger partial charge in [0.25, 0.3) is 0 Å². The molecule has 1 fully saturated rings. The SMILES string of the molecule is CCC(CC)CC(C)C(C)CNC1CC1. The third-order valence-corrected chi connectivity index (χ3v) is 4.14. The van der Waals surface area contributed by atoms with Crippen LogP contribution in [0.5, 0.6) is 0 Å². The number of hydrogen-bond acceptors (Lipinski definition) is 1. The van der Waals surface area contributed by atoms with Gasteiger partial charge in [-0.25, -0.2) is 0 Å². The predicted molar refractivity (Wildman–Crippen MR) is 68.0 cm³/mol. The van der Waals surface area contributed by atoms with Gasteiger partial charge < -0.3 is 5.32 Å². The Balaban J connectivity index is 2.14. The van der Waals surface area contributed by atoms with Crippen LogP contribution >= 0.6 is 0 Å². The predicted octanol–water partition coefficient (Wildman–Crippen LogP) is 3.84. The highest BCUT2D eigenvalue weighted by atomic mass is 14.9. The molecule has 0 aromatic carbocycles. The average Bonchev–Trinajstić information content (AvgIpc) is 3.05. The summed E-state index contributed by atoms with van der Waals surface area (Å²) in [4.78, 5) is 0. The molecule has 2 unspecified atom stereocenters. The maximum atomic E-state index is 3.65. The van der Waals surface area contributed by atoms with E-state index in [1.165, 1.54) is 38.6 Å². The molecule has 15 heavy (non-hydrogen) atoms. The van der Waals surface area contributed by atoms with Crippen LogP contribution < -0.4 is 5.32 Å². The van der Waals surface area contributed by atoms with E-state index >= 15 is 0 Å². The zero-order chi connectivity index (χ0) is 11.3. The molecule has 1 aliphatic carbocycles. The van der Waals surface area contributed by atoms with Crippen molar-refractivity contribution in [3.05, 3.63) is 0 Å². The third kappa shape index (κ3) is 5.01. The summed E-state index contributed by atoms with van der Waals surface area (Å²) >= 11 is 0. The number of nitrogens with one attached hydrogen (secondary N) is 1. The molecule has 1 nitrogen and oxygen atoms in total. The summed E-state index contributed by atoms with van der Waals surface area (Å²) in [6, 6.07) is 0.868. The van der Waals surface area contributed by atoms with E-state index in [1.807, 2.05) is 0 Å². The Kier molecular flexibility index (Phi) is 5.66. The molecule has 1 saturated carbocycles. The Hall–Kier alpha value is -0.0400. The lowest BCUT2D eigenvalue weighted by atomic mass is 9.84. The largest absolute Gasteiger partial charge is 0.314 e. The van der Waals surface area contributed by atoms with Gasteiger partial charge in [-0.05, 0) is 43.6 Å². The molecule has 0 heterocycles. The van der Waals surface area contributed by atoms with Gasteiger partial charge in [-0.2, -0.15) is 0 Å². The molecular weight excluding hydrogens is 182 g/mol. The smallest absolute Gasteiger partial charge is 0.00683 e. The second-order valence-corrected chi connectivity index (χ2v) is 5.56. The zero-order valence-electron chi connectivity index (χ0n) is 11.1. The number of hydrogen-bond donors (Lipinski definition) is 1. The molecule has 0 aromatic heterocycles. The Morgan fingerprint density at radius 1 is 1.07 bits per heavy atom. The first-order valence-corrected chi connectivity index (χ1v) is 6.90. The Morgan fingerprint density at radius 2 is 1.67 bits per heavy atom. The molecule has 0 amide bonds. The fourth-order valence-corrected chi connectivity index (χ4v) is 2.22.